The number of H-pyrrole nitrogens is 1. The number of hydrogen-bond acceptors (Lipinski definition) is 3. The van der Waals surface area contributed by atoms with E-state index in [1.165, 1.54) is 6.20 Å². The van der Waals surface area contributed by atoms with Gasteiger partial charge in [0.05, 0.1) is 4.90 Å². The zero-order chi connectivity index (χ0) is 11.6. The number of sulfonamides is 1. The van der Waals surface area contributed by atoms with Gasteiger partial charge in [0, 0.05) is 31.5 Å². The Morgan fingerprint density at radius 3 is 3.06 bits per heavy atom. The molecular weight excluding hydrogens is 226 g/mol. The Morgan fingerprint density at radius 1 is 1.62 bits per heavy atom. The maximum atomic E-state index is 12.3. The van der Waals surface area contributed by atoms with Gasteiger partial charge in [-0.1, -0.05) is 0 Å². The van der Waals surface area contributed by atoms with Gasteiger partial charge in [0.15, 0.2) is 0 Å². The fourth-order valence-electron chi connectivity index (χ4n) is 2.17. The van der Waals surface area contributed by atoms with Gasteiger partial charge in [-0.25, -0.2) is 8.42 Å². The maximum absolute atomic E-state index is 12.3. The number of aromatic amines is 1. The van der Waals surface area contributed by atoms with Gasteiger partial charge < -0.3 is 10.3 Å². The number of nitrogens with zero attached hydrogens (tertiary/aromatic N) is 1. The molecule has 1 atom stereocenters. The van der Waals surface area contributed by atoms with Crippen molar-refractivity contribution in [2.24, 2.45) is 0 Å². The lowest BCUT2D eigenvalue weighted by Crippen LogP contribution is -2.40. The highest BCUT2D eigenvalue weighted by Gasteiger charge is 2.34. The lowest BCUT2D eigenvalue weighted by atomic mass is 10.2. The quantitative estimate of drug-likeness (QED) is 0.804. The number of rotatable bonds is 4. The minimum atomic E-state index is -3.30. The van der Waals surface area contributed by atoms with Crippen LogP contribution in [-0.4, -0.2) is 43.9 Å². The molecule has 0 bridgehead atoms. The van der Waals surface area contributed by atoms with Gasteiger partial charge in [-0.15, -0.1) is 0 Å². The summed E-state index contributed by atoms with van der Waals surface area (Å²) in [6.07, 6.45) is 5.04. The number of nitrogens with one attached hydrogen (secondary N) is 2. The second kappa shape index (κ2) is 4.57. The molecule has 0 radical (unpaired) electrons. The van der Waals surface area contributed by atoms with E-state index in [0.29, 0.717) is 18.0 Å². The van der Waals surface area contributed by atoms with Crippen LogP contribution < -0.4 is 5.32 Å². The predicted molar refractivity (Wildman–Crippen MR) is 61.6 cm³/mol. The molecule has 0 amide bonds. The number of aromatic nitrogens is 1. The molecule has 2 rings (SSSR count). The molecule has 5 nitrogen and oxygen atoms in total. The molecule has 1 saturated heterocycles. The van der Waals surface area contributed by atoms with Gasteiger partial charge >= 0.3 is 0 Å². The second-order valence-electron chi connectivity index (χ2n) is 4.02. The molecule has 0 aromatic carbocycles. The minimum absolute atomic E-state index is 0.0879. The molecule has 1 unspecified atom stereocenters. The van der Waals surface area contributed by atoms with E-state index in [0.717, 1.165) is 12.8 Å². The van der Waals surface area contributed by atoms with Crippen molar-refractivity contribution < 1.29 is 8.42 Å². The predicted octanol–water partition coefficient (Wildman–Crippen LogP) is 0.387. The fourth-order valence-corrected chi connectivity index (χ4v) is 3.84. The van der Waals surface area contributed by atoms with E-state index >= 15 is 0 Å². The lowest BCUT2D eigenvalue weighted by Gasteiger charge is -2.23. The molecule has 1 aromatic rings. The van der Waals surface area contributed by atoms with Crippen LogP contribution in [0.2, 0.25) is 0 Å². The van der Waals surface area contributed by atoms with Crippen LogP contribution in [0.15, 0.2) is 23.4 Å². The minimum Gasteiger partial charge on any atom is -0.366 e. The molecule has 2 heterocycles. The summed E-state index contributed by atoms with van der Waals surface area (Å²) in [6, 6.07) is 1.69. The molecule has 1 aliphatic heterocycles. The van der Waals surface area contributed by atoms with Gasteiger partial charge in [-0.2, -0.15) is 4.31 Å². The first-order valence-electron chi connectivity index (χ1n) is 5.45. The van der Waals surface area contributed by atoms with Gasteiger partial charge in [0.1, 0.15) is 0 Å². The zero-order valence-electron chi connectivity index (χ0n) is 9.31. The first-order chi connectivity index (χ1) is 7.66. The van der Waals surface area contributed by atoms with E-state index in [4.69, 9.17) is 0 Å². The first-order valence-corrected chi connectivity index (χ1v) is 6.89. The molecule has 1 aliphatic rings. The van der Waals surface area contributed by atoms with E-state index in [1.54, 1.807) is 16.6 Å². The van der Waals surface area contributed by atoms with Crippen molar-refractivity contribution in [2.45, 2.75) is 23.8 Å². The molecule has 2 N–H and O–H groups in total. The first kappa shape index (κ1) is 11.6. The highest BCUT2D eigenvalue weighted by Crippen LogP contribution is 2.25. The normalized spacial score (nSPS) is 22.7. The Balaban J connectivity index is 2.24. The Morgan fingerprint density at radius 2 is 2.44 bits per heavy atom. The number of hydrogen-bond donors (Lipinski definition) is 2. The summed E-state index contributed by atoms with van der Waals surface area (Å²) in [5.41, 5.74) is 0. The van der Waals surface area contributed by atoms with Gasteiger partial charge in [-0.3, -0.25) is 0 Å². The molecule has 6 heteroatoms. The van der Waals surface area contributed by atoms with E-state index in [2.05, 4.69) is 10.3 Å². The third-order valence-corrected chi connectivity index (χ3v) is 4.89. The van der Waals surface area contributed by atoms with Crippen LogP contribution >= 0.6 is 0 Å². The second-order valence-corrected chi connectivity index (χ2v) is 5.91. The van der Waals surface area contributed by atoms with Gasteiger partial charge in [-0.05, 0) is 26.0 Å². The Labute approximate surface area is 95.9 Å². The largest absolute Gasteiger partial charge is 0.366 e. The molecule has 16 heavy (non-hydrogen) atoms. The van der Waals surface area contributed by atoms with Crippen molar-refractivity contribution in [3.05, 3.63) is 18.5 Å². The zero-order valence-corrected chi connectivity index (χ0v) is 10.1. The summed E-state index contributed by atoms with van der Waals surface area (Å²) in [6.45, 7) is 1.34. The van der Waals surface area contributed by atoms with Crippen molar-refractivity contribution >= 4 is 10.0 Å². The molecule has 0 spiro atoms. The van der Waals surface area contributed by atoms with Gasteiger partial charge in [0.25, 0.3) is 0 Å². The van der Waals surface area contributed by atoms with Crippen molar-refractivity contribution in [1.82, 2.24) is 14.6 Å². The molecule has 0 saturated carbocycles. The van der Waals surface area contributed by atoms with Crippen LogP contribution in [0.25, 0.3) is 0 Å². The van der Waals surface area contributed by atoms with Crippen LogP contribution in [-0.2, 0) is 10.0 Å². The Hall–Kier alpha value is -0.850. The van der Waals surface area contributed by atoms with Crippen molar-refractivity contribution in [1.29, 1.82) is 0 Å². The molecule has 1 fully saturated rings. The molecule has 90 valence electrons. The monoisotopic (exact) mass is 243 g/mol. The SMILES string of the molecule is CNCC1CCCN1S(=O)(=O)c1cc[nH]c1. The summed E-state index contributed by atoms with van der Waals surface area (Å²) in [4.78, 5) is 3.14. The van der Waals surface area contributed by atoms with E-state index in [-0.39, 0.29) is 6.04 Å². The smallest absolute Gasteiger partial charge is 0.244 e. The van der Waals surface area contributed by atoms with E-state index < -0.39 is 10.0 Å². The van der Waals surface area contributed by atoms with Crippen molar-refractivity contribution in [3.8, 4) is 0 Å². The summed E-state index contributed by atoms with van der Waals surface area (Å²) in [5.74, 6) is 0. The van der Waals surface area contributed by atoms with E-state index in [1.807, 2.05) is 7.05 Å². The average molecular weight is 243 g/mol. The van der Waals surface area contributed by atoms with Gasteiger partial charge in [0.2, 0.25) is 10.0 Å². The topological polar surface area (TPSA) is 65.2 Å². The third-order valence-electron chi connectivity index (χ3n) is 2.94. The molecule has 1 aromatic heterocycles. The van der Waals surface area contributed by atoms with Crippen molar-refractivity contribution in [2.75, 3.05) is 20.1 Å². The molecular formula is C10H17N3O2S. The standard InChI is InChI=1S/C10H17N3O2S/c1-11-7-9-3-2-6-13(9)16(14,15)10-4-5-12-8-10/h4-5,8-9,11-12H,2-3,6-7H2,1H3. The summed E-state index contributed by atoms with van der Waals surface area (Å²) in [7, 11) is -1.46. The Kier molecular flexibility index (Phi) is 3.32. The fraction of sp³-hybridized carbons (Fsp3) is 0.600. The highest BCUT2D eigenvalue weighted by molar-refractivity contribution is 7.89. The summed E-state index contributed by atoms with van der Waals surface area (Å²) in [5, 5.41) is 3.04. The number of likely N-dealkylation sites (N-methyl/N-ethyl adjacent to an activating group) is 1. The summed E-state index contributed by atoms with van der Waals surface area (Å²) >= 11 is 0. The van der Waals surface area contributed by atoms with E-state index in [9.17, 15) is 8.42 Å². The Bertz CT molecular complexity index is 427. The van der Waals surface area contributed by atoms with Crippen LogP contribution in [0.1, 0.15) is 12.8 Å². The summed E-state index contributed by atoms with van der Waals surface area (Å²) < 4.78 is 26.1. The lowest BCUT2D eigenvalue weighted by molar-refractivity contribution is 0.379. The third kappa shape index (κ3) is 2.00. The van der Waals surface area contributed by atoms with Crippen LogP contribution in [0, 0.1) is 0 Å². The maximum Gasteiger partial charge on any atom is 0.244 e. The van der Waals surface area contributed by atoms with Crippen LogP contribution in [0.3, 0.4) is 0 Å². The van der Waals surface area contributed by atoms with Crippen LogP contribution in [0.4, 0.5) is 0 Å². The molecule has 0 aliphatic carbocycles. The van der Waals surface area contributed by atoms with Crippen LogP contribution in [0.5, 0.6) is 0 Å². The van der Waals surface area contributed by atoms with Crippen molar-refractivity contribution in [3.63, 3.8) is 0 Å². The highest BCUT2D eigenvalue weighted by atomic mass is 32.2. The average Bonchev–Trinajstić information content (AvgIpc) is 2.88.